The van der Waals surface area contributed by atoms with E-state index in [9.17, 15) is 22.8 Å². The molecule has 4 rings (SSSR count). The first-order valence-corrected chi connectivity index (χ1v) is 9.19. The van der Waals surface area contributed by atoms with Gasteiger partial charge < -0.3 is 9.88 Å². The van der Waals surface area contributed by atoms with Crippen molar-refractivity contribution >= 4 is 16.8 Å². The smallest absolute Gasteiger partial charge is 0.355 e. The third kappa shape index (κ3) is 3.91. The van der Waals surface area contributed by atoms with E-state index in [1.165, 1.54) is 23.9 Å². The van der Waals surface area contributed by atoms with Gasteiger partial charge in [0.2, 0.25) is 0 Å². The highest BCUT2D eigenvalue weighted by Gasteiger charge is 2.36. The van der Waals surface area contributed by atoms with Crippen LogP contribution in [0.4, 0.5) is 13.2 Å². The Morgan fingerprint density at radius 2 is 2.00 bits per heavy atom. The minimum atomic E-state index is -4.59. The largest absolute Gasteiger partial charge is 0.433 e. The molecule has 4 aromatic rings. The monoisotopic (exact) mass is 427 g/mol. The van der Waals surface area contributed by atoms with Crippen molar-refractivity contribution in [2.24, 2.45) is 0 Å². The molecule has 7 nitrogen and oxygen atoms in total. The van der Waals surface area contributed by atoms with Crippen LogP contribution in [0.15, 0.2) is 59.8 Å². The van der Waals surface area contributed by atoms with Gasteiger partial charge in [0.05, 0.1) is 12.7 Å². The predicted molar refractivity (Wildman–Crippen MR) is 108 cm³/mol. The summed E-state index contributed by atoms with van der Waals surface area (Å²) < 4.78 is 40.8. The molecule has 0 spiro atoms. The number of aromatic amines is 1. The molecule has 10 heteroatoms. The molecule has 158 valence electrons. The molecule has 0 saturated carbocycles. The highest BCUT2D eigenvalue weighted by Crippen LogP contribution is 2.35. The first-order valence-electron chi connectivity index (χ1n) is 9.19. The molecule has 0 aliphatic heterocycles. The van der Waals surface area contributed by atoms with Gasteiger partial charge in [-0.25, -0.2) is 4.98 Å². The lowest BCUT2D eigenvalue weighted by Crippen LogP contribution is -2.21. The number of pyridine rings is 2. The number of nitrogens with zero attached hydrogens (tertiary/aromatic N) is 3. The van der Waals surface area contributed by atoms with E-state index in [4.69, 9.17) is 0 Å². The van der Waals surface area contributed by atoms with Crippen molar-refractivity contribution in [2.75, 3.05) is 7.05 Å². The molecule has 0 fully saturated rings. The first-order chi connectivity index (χ1) is 14.8. The van der Waals surface area contributed by atoms with Crippen LogP contribution >= 0.6 is 0 Å². The highest BCUT2D eigenvalue weighted by molar-refractivity contribution is 5.94. The van der Waals surface area contributed by atoms with Gasteiger partial charge in [-0.2, -0.15) is 18.3 Å². The summed E-state index contributed by atoms with van der Waals surface area (Å²) in [6, 6.07) is 9.95. The summed E-state index contributed by atoms with van der Waals surface area (Å²) in [7, 11) is 1.53. The second-order valence-electron chi connectivity index (χ2n) is 6.85. The molecule has 2 N–H and O–H groups in total. The van der Waals surface area contributed by atoms with Crippen molar-refractivity contribution in [2.45, 2.75) is 12.7 Å². The van der Waals surface area contributed by atoms with Gasteiger partial charge in [-0.15, -0.1) is 0 Å². The maximum atomic E-state index is 13.1. The number of carbonyl (C=O) groups excluding carboxylic acids is 1. The average molecular weight is 427 g/mol. The zero-order chi connectivity index (χ0) is 22.2. The number of nitrogens with one attached hydrogen (secondary N) is 2. The third-order valence-electron chi connectivity index (χ3n) is 4.82. The number of hydrogen-bond acceptors (Lipinski definition) is 4. The molecule has 1 aromatic carbocycles. The fraction of sp³-hybridized carbons (Fsp3) is 0.143. The summed E-state index contributed by atoms with van der Waals surface area (Å²) in [4.78, 5) is 28.8. The van der Waals surface area contributed by atoms with E-state index >= 15 is 0 Å². The van der Waals surface area contributed by atoms with Gasteiger partial charge in [-0.1, -0.05) is 12.1 Å². The number of hydrogen-bond donors (Lipinski definition) is 2. The Balaban J connectivity index is 1.70. The number of H-pyrrole nitrogens is 1. The van der Waals surface area contributed by atoms with Crippen molar-refractivity contribution in [1.29, 1.82) is 0 Å². The van der Waals surface area contributed by atoms with Crippen LogP contribution in [0, 0.1) is 0 Å². The van der Waals surface area contributed by atoms with Crippen LogP contribution in [0.3, 0.4) is 0 Å². The van der Waals surface area contributed by atoms with Gasteiger partial charge in [0.15, 0.2) is 0 Å². The van der Waals surface area contributed by atoms with Crippen molar-refractivity contribution in [3.8, 4) is 11.1 Å². The van der Waals surface area contributed by atoms with Crippen LogP contribution in [0.25, 0.3) is 22.0 Å². The van der Waals surface area contributed by atoms with Crippen molar-refractivity contribution < 1.29 is 18.0 Å². The van der Waals surface area contributed by atoms with E-state index in [-0.39, 0.29) is 29.1 Å². The number of aromatic nitrogens is 4. The van der Waals surface area contributed by atoms with Crippen LogP contribution in [-0.4, -0.2) is 32.7 Å². The molecule has 1 amide bonds. The number of rotatable bonds is 4. The molecule has 0 aliphatic carbocycles. The lowest BCUT2D eigenvalue weighted by molar-refractivity contribution is -0.140. The standard InChI is InChI=1S/C21H16F3N5O2/c1-25-19(30)14-4-2-3-12(7-14)11-29-6-5-13-8-15(9-26-17(13)20(29)31)16-10-27-28-18(16)21(22,23)24/h2-10H,11H2,1H3,(H,25,30)(H,27,28). The van der Waals surface area contributed by atoms with Gasteiger partial charge in [0, 0.05) is 41.5 Å². The minimum absolute atomic E-state index is 0.130. The van der Waals surface area contributed by atoms with Crippen molar-refractivity contribution in [1.82, 2.24) is 25.1 Å². The number of benzene rings is 1. The zero-order valence-corrected chi connectivity index (χ0v) is 16.2. The van der Waals surface area contributed by atoms with E-state index in [2.05, 4.69) is 15.4 Å². The molecule has 0 saturated heterocycles. The van der Waals surface area contributed by atoms with Crippen molar-refractivity contribution in [3.63, 3.8) is 0 Å². The maximum absolute atomic E-state index is 13.1. The molecule has 0 aliphatic rings. The van der Waals surface area contributed by atoms with Crippen LogP contribution < -0.4 is 10.9 Å². The normalized spacial score (nSPS) is 11.6. The van der Waals surface area contributed by atoms with Crippen LogP contribution in [0.1, 0.15) is 21.6 Å². The van der Waals surface area contributed by atoms with Gasteiger partial charge >= 0.3 is 6.18 Å². The number of alkyl halides is 3. The van der Waals surface area contributed by atoms with Crippen LogP contribution in [-0.2, 0) is 12.7 Å². The Hall–Kier alpha value is -3.95. The van der Waals surface area contributed by atoms with E-state index in [1.807, 2.05) is 5.10 Å². The molecular formula is C21H16F3N5O2. The highest BCUT2D eigenvalue weighted by atomic mass is 19.4. The number of amides is 1. The third-order valence-corrected chi connectivity index (χ3v) is 4.82. The maximum Gasteiger partial charge on any atom is 0.433 e. The summed E-state index contributed by atoms with van der Waals surface area (Å²) in [5.74, 6) is -0.237. The predicted octanol–water partition coefficient (Wildman–Crippen LogP) is 3.21. The summed E-state index contributed by atoms with van der Waals surface area (Å²) in [6.45, 7) is 0.211. The Morgan fingerprint density at radius 3 is 2.74 bits per heavy atom. The molecule has 3 heterocycles. The Bertz CT molecular complexity index is 1340. The average Bonchev–Trinajstić information content (AvgIpc) is 3.26. The fourth-order valence-corrected chi connectivity index (χ4v) is 3.31. The van der Waals surface area contributed by atoms with Crippen LogP contribution in [0.2, 0.25) is 0 Å². The lowest BCUT2D eigenvalue weighted by atomic mass is 10.1. The first kappa shape index (κ1) is 20.3. The second kappa shape index (κ2) is 7.71. The fourth-order valence-electron chi connectivity index (χ4n) is 3.31. The minimum Gasteiger partial charge on any atom is -0.355 e. The lowest BCUT2D eigenvalue weighted by Gasteiger charge is -2.10. The molecule has 0 atom stereocenters. The van der Waals surface area contributed by atoms with Gasteiger partial charge in [-0.3, -0.25) is 14.7 Å². The summed E-state index contributed by atoms with van der Waals surface area (Å²) in [6.07, 6.45) is -0.747. The molecule has 0 radical (unpaired) electrons. The summed E-state index contributed by atoms with van der Waals surface area (Å²) >= 11 is 0. The number of halogens is 3. The Kier molecular flexibility index (Phi) is 5.05. The molecule has 31 heavy (non-hydrogen) atoms. The number of carbonyl (C=O) groups is 1. The van der Waals surface area contributed by atoms with E-state index < -0.39 is 17.4 Å². The Labute approximate surface area is 173 Å². The van der Waals surface area contributed by atoms with Gasteiger partial charge in [-0.05, 0) is 29.8 Å². The SMILES string of the molecule is CNC(=O)c1cccc(Cn2ccc3cc(-c4cn[nH]c4C(F)(F)F)cnc3c2=O)c1. The van der Waals surface area contributed by atoms with E-state index in [0.29, 0.717) is 10.9 Å². The zero-order valence-electron chi connectivity index (χ0n) is 16.2. The quantitative estimate of drug-likeness (QED) is 0.523. The van der Waals surface area contributed by atoms with Crippen LogP contribution in [0.5, 0.6) is 0 Å². The molecule has 0 unspecified atom stereocenters. The van der Waals surface area contributed by atoms with E-state index in [0.717, 1.165) is 11.8 Å². The van der Waals surface area contributed by atoms with Crippen molar-refractivity contribution in [3.05, 3.63) is 82.2 Å². The summed E-state index contributed by atoms with van der Waals surface area (Å²) in [5.41, 5.74) is 0.0343. The topological polar surface area (TPSA) is 92.7 Å². The van der Waals surface area contributed by atoms with Gasteiger partial charge in [0.1, 0.15) is 11.2 Å². The summed E-state index contributed by atoms with van der Waals surface area (Å²) in [5, 5.41) is 8.39. The van der Waals surface area contributed by atoms with E-state index in [1.54, 1.807) is 36.5 Å². The second-order valence-corrected chi connectivity index (χ2v) is 6.85. The molecule has 0 bridgehead atoms. The number of fused-ring (bicyclic) bond motifs is 1. The Morgan fingerprint density at radius 1 is 1.19 bits per heavy atom. The molecule has 3 aromatic heterocycles. The molecular weight excluding hydrogens is 411 g/mol. The van der Waals surface area contributed by atoms with Gasteiger partial charge in [0.25, 0.3) is 11.5 Å².